The normalized spacial score (nSPS) is 11.9. The van der Waals surface area contributed by atoms with Gasteiger partial charge in [-0.2, -0.15) is 0 Å². The summed E-state index contributed by atoms with van der Waals surface area (Å²) >= 11 is 0. The molecule has 0 unspecified atom stereocenters. The molecule has 0 heterocycles. The van der Waals surface area contributed by atoms with Gasteiger partial charge >= 0.3 is 0 Å². The second-order valence-electron chi connectivity index (χ2n) is 33.0. The second kappa shape index (κ2) is 60.2. The molecule has 0 radical (unpaired) electrons. The molecule has 582 valence electrons. The minimum absolute atomic E-state index is 0. The van der Waals surface area contributed by atoms with Gasteiger partial charge in [-0.3, -0.25) is 0 Å². The summed E-state index contributed by atoms with van der Waals surface area (Å²) in [4.78, 5) is 0. The zero-order valence-corrected chi connectivity index (χ0v) is 81.5. The molecule has 100 heavy (non-hydrogen) atoms. The zero-order chi connectivity index (χ0) is 68.5. The van der Waals surface area contributed by atoms with E-state index in [-0.39, 0.29) is 168 Å². The number of ether oxygens (including phenoxy) is 4. The molecule has 0 saturated carbocycles. The van der Waals surface area contributed by atoms with Crippen molar-refractivity contribution >= 4 is 24.3 Å². The third-order valence-corrected chi connectivity index (χ3v) is 18.1. The second-order valence-corrected chi connectivity index (χ2v) is 33.0. The Bertz CT molecular complexity index is 2500. The van der Waals surface area contributed by atoms with Gasteiger partial charge in [-0.15, -0.1) is 0 Å². The van der Waals surface area contributed by atoms with E-state index in [2.05, 4.69) is 248 Å². The smallest absolute Gasteiger partial charge is 0.128 e. The fourth-order valence-corrected chi connectivity index (χ4v) is 11.3. The SMILES string of the molecule is CCC[N+](C)(C)CCCCCCCCOc1ccc(/C=C/c2ccc(OCCCCCCCC[N+](C)(C)CC[N+](C)(C)C)cc2)cc1.C[N+](C)(C)CC[N+](C)(C)CCCCCCOc1ccc(/C=C/c2ccc(OCCCCCC[N+](C)(C)CC[N+](C)(C)C)cc2)cc1.[I-].[I-].[I-].[I-].[I-].[I-].[I-]. The molecule has 18 heteroatoms. The molecule has 0 N–H and O–H groups in total. The summed E-state index contributed by atoms with van der Waals surface area (Å²) in [5, 5.41) is 0. The zero-order valence-electron chi connectivity index (χ0n) is 66.4. The molecular formula is C82H146I7N7O4. The van der Waals surface area contributed by atoms with E-state index in [0.29, 0.717) is 0 Å². The molecule has 0 bridgehead atoms. The van der Waals surface area contributed by atoms with Crippen LogP contribution in [0.15, 0.2) is 97.1 Å². The molecule has 11 nitrogen and oxygen atoms in total. The van der Waals surface area contributed by atoms with Crippen LogP contribution in [0.1, 0.15) is 164 Å². The molecule has 0 spiro atoms. The van der Waals surface area contributed by atoms with Crippen molar-refractivity contribution < 1.29 is 218 Å². The molecule has 0 fully saturated rings. The number of quaternary nitrogens is 7. The van der Waals surface area contributed by atoms with Crippen LogP contribution in [-0.2, 0) is 0 Å². The number of rotatable bonds is 51. The van der Waals surface area contributed by atoms with Gasteiger partial charge in [0.2, 0.25) is 0 Å². The first-order valence-electron chi connectivity index (χ1n) is 36.9. The third kappa shape index (κ3) is 61.3. The number of nitrogens with zero attached hydrogens (tertiary/aromatic N) is 7. The Kier molecular flexibility index (Phi) is 65.6. The van der Waals surface area contributed by atoms with Crippen molar-refractivity contribution in [3.8, 4) is 23.0 Å². The van der Waals surface area contributed by atoms with Gasteiger partial charge < -0.3 is 218 Å². The highest BCUT2D eigenvalue weighted by atomic mass is 127. The van der Waals surface area contributed by atoms with Crippen LogP contribution >= 0.6 is 0 Å². The highest BCUT2D eigenvalue weighted by molar-refractivity contribution is 5.71. The molecule has 4 aromatic carbocycles. The van der Waals surface area contributed by atoms with Gasteiger partial charge in [-0.05, 0) is 167 Å². The van der Waals surface area contributed by atoms with Gasteiger partial charge in [0.25, 0.3) is 0 Å². The number of benzene rings is 4. The number of halogens is 7. The predicted molar refractivity (Wildman–Crippen MR) is 404 cm³/mol. The van der Waals surface area contributed by atoms with Crippen molar-refractivity contribution in [2.75, 3.05) is 218 Å². The Balaban J connectivity index is -0.000000562. The maximum absolute atomic E-state index is 6.01. The van der Waals surface area contributed by atoms with E-state index in [1.807, 2.05) is 0 Å². The highest BCUT2D eigenvalue weighted by Gasteiger charge is 2.22. The van der Waals surface area contributed by atoms with Crippen LogP contribution in [0.4, 0.5) is 0 Å². The molecule has 4 rings (SSSR count). The average molecular weight is 2180 g/mol. The Morgan fingerprint density at radius 2 is 0.380 bits per heavy atom. The van der Waals surface area contributed by atoms with Crippen LogP contribution in [0.2, 0.25) is 0 Å². The lowest BCUT2D eigenvalue weighted by atomic mass is 10.1. The summed E-state index contributed by atoms with van der Waals surface area (Å²) in [6, 6.07) is 33.7. The van der Waals surface area contributed by atoms with E-state index in [1.165, 1.54) is 208 Å². The van der Waals surface area contributed by atoms with Crippen LogP contribution in [0.25, 0.3) is 24.3 Å². The largest absolute Gasteiger partial charge is 1.00 e. The van der Waals surface area contributed by atoms with Crippen molar-refractivity contribution in [2.24, 2.45) is 0 Å². The topological polar surface area (TPSA) is 36.9 Å². The summed E-state index contributed by atoms with van der Waals surface area (Å²) in [6.07, 6.45) is 35.2. The van der Waals surface area contributed by atoms with Gasteiger partial charge in [0, 0.05) is 0 Å². The van der Waals surface area contributed by atoms with E-state index in [1.54, 1.807) is 0 Å². The van der Waals surface area contributed by atoms with Crippen LogP contribution in [0, 0.1) is 0 Å². The monoisotopic (exact) mass is 2180 g/mol. The Labute approximate surface area is 736 Å². The quantitative estimate of drug-likeness (QED) is 0.0196. The average Bonchev–Trinajstić information content (AvgIpc) is 0.944. The van der Waals surface area contributed by atoms with E-state index in [9.17, 15) is 0 Å². The minimum atomic E-state index is 0. The molecule has 4 aromatic rings. The molecule has 0 amide bonds. The van der Waals surface area contributed by atoms with Gasteiger partial charge in [-0.1, -0.05) is 118 Å². The fraction of sp³-hybridized carbons (Fsp3) is 0.659. The summed E-state index contributed by atoms with van der Waals surface area (Å²) in [6.45, 7) is 19.2. The minimum Gasteiger partial charge on any atom is -1.00 e. The molecule has 0 aliphatic heterocycles. The van der Waals surface area contributed by atoms with Crippen molar-refractivity contribution in [2.45, 2.75) is 142 Å². The number of hydrogen-bond donors (Lipinski definition) is 0. The lowest BCUT2D eigenvalue weighted by molar-refractivity contribution is -0.937. The molecule has 0 aliphatic carbocycles. The van der Waals surface area contributed by atoms with Crippen molar-refractivity contribution in [1.29, 1.82) is 0 Å². The van der Waals surface area contributed by atoms with Gasteiger partial charge in [0.15, 0.2) is 0 Å². The maximum Gasteiger partial charge on any atom is 0.128 e. The fourth-order valence-electron chi connectivity index (χ4n) is 11.3. The van der Waals surface area contributed by atoms with Gasteiger partial charge in [-0.25, -0.2) is 0 Å². The van der Waals surface area contributed by atoms with E-state index in [0.717, 1.165) is 102 Å². The molecule has 0 atom stereocenters. The summed E-state index contributed by atoms with van der Waals surface area (Å²) in [5.74, 6) is 3.83. The lowest BCUT2D eigenvalue weighted by Crippen LogP contribution is -3.00. The van der Waals surface area contributed by atoms with Crippen LogP contribution in [0.3, 0.4) is 0 Å². The van der Waals surface area contributed by atoms with E-state index in [4.69, 9.17) is 18.9 Å². The van der Waals surface area contributed by atoms with E-state index < -0.39 is 0 Å². The highest BCUT2D eigenvalue weighted by Crippen LogP contribution is 2.22. The van der Waals surface area contributed by atoms with Gasteiger partial charge in [0.1, 0.15) is 62.3 Å². The maximum atomic E-state index is 6.01. The first-order valence-corrected chi connectivity index (χ1v) is 36.9. The first kappa shape index (κ1) is 109. The standard InChI is InChI=1S/C42H74N3O2.C40H72N4O2.7HI/c1-9-32-44(5,6)33-18-14-10-12-16-20-37-46-41-28-24-39(25-29-41)22-23-40-26-30-42(31-27-40)47-38-21-17-13-11-15-19-34-45(7,8)36-35-43(2,3)4;1-41(2,3)31-33-43(7,8)29-15-11-13-17-35-45-39-25-21-37(22-26-39)19-20-38-23-27-40(28-24-38)46-36-18-14-12-16-30-44(9,10)34-32-42(4,5)6;;;;;;;/h22-31H,9-21,32-38H2,1-8H3;19-28H,11-18,29-36H2,1-10H3;7*1H/q+3;+4;;;;;;;/p-7/b23-22+;20-19+;;;;;;;. The van der Waals surface area contributed by atoms with Crippen LogP contribution < -0.4 is 187 Å². The molecule has 0 aromatic heterocycles. The van der Waals surface area contributed by atoms with Crippen molar-refractivity contribution in [1.82, 2.24) is 0 Å². The number of likely N-dealkylation sites (N-methyl/N-ethyl adjacent to an activating group) is 6. The Hall–Kier alpha value is 0.390. The molecule has 0 saturated heterocycles. The van der Waals surface area contributed by atoms with Gasteiger partial charge in [0.05, 0.1) is 179 Å². The van der Waals surface area contributed by atoms with Crippen LogP contribution in [-0.4, -0.2) is 250 Å². The molecular weight excluding hydrogens is 2040 g/mol. The summed E-state index contributed by atoms with van der Waals surface area (Å²) in [7, 11) is 39.4. The van der Waals surface area contributed by atoms with E-state index >= 15 is 0 Å². The lowest BCUT2D eigenvalue weighted by Gasteiger charge is -2.33. The summed E-state index contributed by atoms with van der Waals surface area (Å²) < 4.78 is 31.7. The Morgan fingerprint density at radius 3 is 0.560 bits per heavy atom. The van der Waals surface area contributed by atoms with Crippen molar-refractivity contribution in [3.05, 3.63) is 119 Å². The Morgan fingerprint density at radius 1 is 0.210 bits per heavy atom. The molecule has 0 aliphatic rings. The first-order chi connectivity index (χ1) is 43.9. The predicted octanol–water partition coefficient (Wildman–Crippen LogP) is -4.11. The number of hydrogen-bond acceptors (Lipinski definition) is 4. The third-order valence-electron chi connectivity index (χ3n) is 18.1. The van der Waals surface area contributed by atoms with Crippen molar-refractivity contribution in [3.63, 3.8) is 0 Å². The summed E-state index contributed by atoms with van der Waals surface area (Å²) in [5.41, 5.74) is 4.71. The van der Waals surface area contributed by atoms with Crippen LogP contribution in [0.5, 0.6) is 23.0 Å². The number of unbranched alkanes of at least 4 members (excludes halogenated alkanes) is 16.